The van der Waals surface area contributed by atoms with Gasteiger partial charge in [-0.1, -0.05) is 37.3 Å². The number of carbonyl (C=O) groups is 1. The fraction of sp³-hybridized carbons (Fsp3) is 0.588. The number of piperidine rings is 1. The summed E-state index contributed by atoms with van der Waals surface area (Å²) >= 11 is 0. The van der Waals surface area contributed by atoms with Crippen LogP contribution in [-0.2, 0) is 9.53 Å². The summed E-state index contributed by atoms with van der Waals surface area (Å²) in [5.74, 6) is 0.813. The predicted octanol–water partition coefficient (Wildman–Crippen LogP) is 3.41. The van der Waals surface area contributed by atoms with Crippen LogP contribution in [0, 0.1) is 5.92 Å². The number of nitrogens with zero attached hydrogens (tertiary/aromatic N) is 1. The van der Waals surface area contributed by atoms with Crippen molar-refractivity contribution < 1.29 is 9.53 Å². The highest BCUT2D eigenvalue weighted by molar-refractivity contribution is 5.76. The average Bonchev–Trinajstić information content (AvgIpc) is 2.50. The molecule has 1 unspecified atom stereocenters. The number of ether oxygens (including phenoxy) is 1. The molecule has 1 aliphatic rings. The van der Waals surface area contributed by atoms with Gasteiger partial charge in [0.25, 0.3) is 0 Å². The highest BCUT2D eigenvalue weighted by Crippen LogP contribution is 2.33. The Bertz CT molecular complexity index is 410. The van der Waals surface area contributed by atoms with Gasteiger partial charge in [-0.3, -0.25) is 4.79 Å². The normalized spacial score (nSPS) is 18.0. The van der Waals surface area contributed by atoms with Gasteiger partial charge in [0.1, 0.15) is 0 Å². The van der Waals surface area contributed by atoms with Gasteiger partial charge in [0.05, 0.1) is 6.10 Å². The van der Waals surface area contributed by atoms with Gasteiger partial charge >= 0.3 is 0 Å². The number of benzene rings is 1. The van der Waals surface area contributed by atoms with E-state index in [1.54, 1.807) is 7.11 Å². The van der Waals surface area contributed by atoms with Crippen molar-refractivity contribution in [3.8, 4) is 0 Å². The predicted molar refractivity (Wildman–Crippen MR) is 80.4 cm³/mol. The first-order chi connectivity index (χ1) is 9.76. The Balaban J connectivity index is 1.94. The summed E-state index contributed by atoms with van der Waals surface area (Å²) in [5.41, 5.74) is 1.24. The Labute approximate surface area is 121 Å². The summed E-state index contributed by atoms with van der Waals surface area (Å²) in [7, 11) is 1.78. The molecule has 1 atom stereocenters. The molecule has 0 aromatic heterocycles. The molecule has 0 radical (unpaired) electrons. The van der Waals surface area contributed by atoms with Crippen LogP contribution in [0.15, 0.2) is 30.3 Å². The van der Waals surface area contributed by atoms with Crippen molar-refractivity contribution in [2.24, 2.45) is 5.92 Å². The van der Waals surface area contributed by atoms with Crippen LogP contribution in [0.1, 0.15) is 44.3 Å². The van der Waals surface area contributed by atoms with E-state index < -0.39 is 0 Å². The molecule has 1 fully saturated rings. The van der Waals surface area contributed by atoms with Gasteiger partial charge in [0.2, 0.25) is 5.91 Å². The SMILES string of the molecule is CCCC(=O)N1CCC(C(OC)c2ccccc2)CC1. The highest BCUT2D eigenvalue weighted by atomic mass is 16.5. The molecule has 1 aromatic carbocycles. The zero-order valence-corrected chi connectivity index (χ0v) is 12.5. The Morgan fingerprint density at radius 1 is 1.30 bits per heavy atom. The van der Waals surface area contributed by atoms with Crippen molar-refractivity contribution in [3.05, 3.63) is 35.9 Å². The van der Waals surface area contributed by atoms with Crippen LogP contribution >= 0.6 is 0 Å². The number of carbonyl (C=O) groups excluding carboxylic acids is 1. The van der Waals surface area contributed by atoms with Crippen LogP contribution in [0.5, 0.6) is 0 Å². The summed E-state index contributed by atoms with van der Waals surface area (Å²) in [4.78, 5) is 13.9. The van der Waals surface area contributed by atoms with Gasteiger partial charge < -0.3 is 9.64 Å². The van der Waals surface area contributed by atoms with E-state index in [-0.39, 0.29) is 6.10 Å². The second kappa shape index (κ2) is 7.44. The zero-order chi connectivity index (χ0) is 14.4. The lowest BCUT2D eigenvalue weighted by molar-refractivity contribution is -0.133. The first-order valence-electron chi connectivity index (χ1n) is 7.61. The minimum Gasteiger partial charge on any atom is -0.376 e. The van der Waals surface area contributed by atoms with Gasteiger partial charge in [0.15, 0.2) is 0 Å². The Kier molecular flexibility index (Phi) is 5.60. The zero-order valence-electron chi connectivity index (χ0n) is 12.5. The number of methoxy groups -OCH3 is 1. The summed E-state index contributed by atoms with van der Waals surface area (Å²) < 4.78 is 5.72. The van der Waals surface area contributed by atoms with Crippen molar-refractivity contribution in [1.29, 1.82) is 0 Å². The number of hydrogen-bond donors (Lipinski definition) is 0. The smallest absolute Gasteiger partial charge is 0.222 e. The molecule has 3 nitrogen and oxygen atoms in total. The van der Waals surface area contributed by atoms with E-state index in [1.165, 1.54) is 5.56 Å². The number of hydrogen-bond acceptors (Lipinski definition) is 2. The molecule has 1 aromatic rings. The molecular weight excluding hydrogens is 250 g/mol. The third-order valence-corrected chi connectivity index (χ3v) is 4.17. The lowest BCUT2D eigenvalue weighted by Gasteiger charge is -2.35. The standard InChI is InChI=1S/C17H25NO2/c1-3-7-16(19)18-12-10-15(11-13-18)17(20-2)14-8-5-4-6-9-14/h4-6,8-9,15,17H,3,7,10-13H2,1-2H3. The van der Waals surface area contributed by atoms with E-state index in [0.29, 0.717) is 18.2 Å². The molecule has 0 saturated carbocycles. The summed E-state index contributed by atoms with van der Waals surface area (Å²) in [6.07, 6.45) is 3.83. The highest BCUT2D eigenvalue weighted by Gasteiger charge is 2.28. The third-order valence-electron chi connectivity index (χ3n) is 4.17. The van der Waals surface area contributed by atoms with E-state index >= 15 is 0 Å². The molecule has 1 heterocycles. The molecule has 0 aliphatic carbocycles. The Hall–Kier alpha value is -1.35. The molecule has 0 bridgehead atoms. The second-order valence-electron chi connectivity index (χ2n) is 5.54. The summed E-state index contributed by atoms with van der Waals surface area (Å²) in [6, 6.07) is 10.4. The maximum atomic E-state index is 11.9. The van der Waals surface area contributed by atoms with Gasteiger partial charge in [-0.2, -0.15) is 0 Å². The molecule has 3 heteroatoms. The Morgan fingerprint density at radius 3 is 2.50 bits per heavy atom. The van der Waals surface area contributed by atoms with Crippen LogP contribution in [-0.4, -0.2) is 31.0 Å². The third kappa shape index (κ3) is 3.60. The number of amides is 1. The average molecular weight is 275 g/mol. The topological polar surface area (TPSA) is 29.5 Å². The molecule has 1 aliphatic heterocycles. The van der Waals surface area contributed by atoms with Crippen LogP contribution in [0.2, 0.25) is 0 Å². The van der Waals surface area contributed by atoms with Crippen molar-refractivity contribution in [2.75, 3.05) is 20.2 Å². The molecule has 1 saturated heterocycles. The maximum absolute atomic E-state index is 11.9. The fourth-order valence-corrected chi connectivity index (χ4v) is 3.07. The van der Waals surface area contributed by atoms with Crippen LogP contribution in [0.25, 0.3) is 0 Å². The van der Waals surface area contributed by atoms with Gasteiger partial charge in [-0.25, -0.2) is 0 Å². The van der Waals surface area contributed by atoms with Crippen molar-refractivity contribution >= 4 is 5.91 Å². The van der Waals surface area contributed by atoms with Crippen molar-refractivity contribution in [2.45, 2.75) is 38.7 Å². The van der Waals surface area contributed by atoms with E-state index in [2.05, 4.69) is 31.2 Å². The number of rotatable bonds is 5. The van der Waals surface area contributed by atoms with E-state index in [1.807, 2.05) is 11.0 Å². The number of likely N-dealkylation sites (tertiary alicyclic amines) is 1. The van der Waals surface area contributed by atoms with Gasteiger partial charge in [-0.05, 0) is 30.7 Å². The lowest BCUT2D eigenvalue weighted by Crippen LogP contribution is -2.39. The molecule has 0 N–H and O–H groups in total. The quantitative estimate of drug-likeness (QED) is 0.824. The largest absolute Gasteiger partial charge is 0.376 e. The van der Waals surface area contributed by atoms with Gasteiger partial charge in [0, 0.05) is 26.6 Å². The minimum atomic E-state index is 0.152. The monoisotopic (exact) mass is 275 g/mol. The minimum absolute atomic E-state index is 0.152. The molecule has 2 rings (SSSR count). The van der Waals surface area contributed by atoms with Crippen LogP contribution in [0.4, 0.5) is 0 Å². The molecule has 110 valence electrons. The van der Waals surface area contributed by atoms with Crippen molar-refractivity contribution in [1.82, 2.24) is 4.90 Å². The van der Waals surface area contributed by atoms with E-state index in [4.69, 9.17) is 4.74 Å². The molecular formula is C17H25NO2. The summed E-state index contributed by atoms with van der Waals surface area (Å²) in [6.45, 7) is 3.80. The first-order valence-corrected chi connectivity index (χ1v) is 7.61. The van der Waals surface area contributed by atoms with E-state index in [9.17, 15) is 4.79 Å². The lowest BCUT2D eigenvalue weighted by atomic mass is 9.87. The molecule has 1 amide bonds. The maximum Gasteiger partial charge on any atom is 0.222 e. The van der Waals surface area contributed by atoms with Gasteiger partial charge in [-0.15, -0.1) is 0 Å². The van der Waals surface area contributed by atoms with Crippen LogP contribution in [0.3, 0.4) is 0 Å². The van der Waals surface area contributed by atoms with E-state index in [0.717, 1.165) is 32.4 Å². The first kappa shape index (κ1) is 15.0. The molecule has 0 spiro atoms. The molecule has 20 heavy (non-hydrogen) atoms. The summed E-state index contributed by atoms with van der Waals surface area (Å²) in [5, 5.41) is 0. The van der Waals surface area contributed by atoms with Crippen LogP contribution < -0.4 is 0 Å². The van der Waals surface area contributed by atoms with Crippen molar-refractivity contribution in [3.63, 3.8) is 0 Å². The Morgan fingerprint density at radius 2 is 1.95 bits per heavy atom. The second-order valence-corrected chi connectivity index (χ2v) is 5.54. The fourth-order valence-electron chi connectivity index (χ4n) is 3.07.